The van der Waals surface area contributed by atoms with Crippen molar-refractivity contribution in [2.75, 3.05) is 20.3 Å². The fraction of sp³-hybridized carbons (Fsp3) is 0.556. The maximum Gasteiger partial charge on any atom is 0.252 e. The van der Waals surface area contributed by atoms with Crippen LogP contribution in [-0.2, 0) is 14.3 Å². The number of carbonyl (C=O) groups is 2. The standard InChI is InChI=1S/C18H24F2N2O4/c1-18(2,25-3)17(24)22-14(9-4-5-10-21)15(23)11-26-16-12(19)7-6-8-13(16)20/h7,14H,4-5,9-11,21H2,1-3H3,(H,22,24). The van der Waals surface area contributed by atoms with Gasteiger partial charge in [-0.25, -0.2) is 4.39 Å². The predicted octanol–water partition coefficient (Wildman–Crippen LogP) is 1.55. The summed E-state index contributed by atoms with van der Waals surface area (Å²) >= 11 is 0. The first-order chi connectivity index (χ1) is 12.2. The molecule has 0 heterocycles. The van der Waals surface area contributed by atoms with Gasteiger partial charge in [-0.2, -0.15) is 4.39 Å². The number of Topliss-reactive ketones (excluding diaryl/α,β-unsaturated/α-hetero) is 1. The van der Waals surface area contributed by atoms with Crippen molar-refractivity contribution in [1.82, 2.24) is 5.32 Å². The Labute approximate surface area is 152 Å². The van der Waals surface area contributed by atoms with Gasteiger partial charge in [0.25, 0.3) is 5.91 Å². The van der Waals surface area contributed by atoms with Crippen LogP contribution in [0.3, 0.4) is 0 Å². The molecule has 1 aromatic rings. The van der Waals surface area contributed by atoms with Gasteiger partial charge >= 0.3 is 0 Å². The normalized spacial score (nSPS) is 12.2. The number of halogens is 2. The van der Waals surface area contributed by atoms with E-state index in [1.54, 1.807) is 13.8 Å². The number of unbranched alkanes of at least 4 members (excludes halogenated alkanes) is 1. The Morgan fingerprint density at radius 3 is 2.62 bits per heavy atom. The highest BCUT2D eigenvalue weighted by Gasteiger charge is 2.31. The van der Waals surface area contributed by atoms with Crippen molar-refractivity contribution >= 4 is 11.7 Å². The molecule has 1 atom stereocenters. The summed E-state index contributed by atoms with van der Waals surface area (Å²) in [6.07, 6.45) is 1.59. The van der Waals surface area contributed by atoms with E-state index in [1.165, 1.54) is 7.11 Å². The van der Waals surface area contributed by atoms with Crippen molar-refractivity contribution in [3.8, 4) is 5.75 Å². The number of ether oxygens (including phenoxy) is 2. The Morgan fingerprint density at radius 1 is 1.35 bits per heavy atom. The zero-order valence-corrected chi connectivity index (χ0v) is 15.2. The molecule has 0 aliphatic rings. The average molecular weight is 370 g/mol. The van der Waals surface area contributed by atoms with Crippen LogP contribution in [0.15, 0.2) is 6.07 Å². The lowest BCUT2D eigenvalue weighted by Gasteiger charge is -2.25. The number of methoxy groups -OCH3 is 1. The first-order valence-corrected chi connectivity index (χ1v) is 8.22. The largest absolute Gasteiger partial charge is 0.479 e. The summed E-state index contributed by atoms with van der Waals surface area (Å²) in [5, 5.41) is 2.60. The van der Waals surface area contributed by atoms with Gasteiger partial charge in [0.05, 0.1) is 6.04 Å². The van der Waals surface area contributed by atoms with Crippen molar-refractivity contribution < 1.29 is 27.8 Å². The maximum absolute atomic E-state index is 13.5. The van der Waals surface area contributed by atoms with Crippen LogP contribution in [-0.4, -0.2) is 43.6 Å². The Kier molecular flexibility index (Phi) is 8.42. The van der Waals surface area contributed by atoms with E-state index in [-0.39, 0.29) is 0 Å². The highest BCUT2D eigenvalue weighted by atomic mass is 19.1. The minimum absolute atomic E-state index is 0.324. The lowest BCUT2D eigenvalue weighted by molar-refractivity contribution is -0.142. The molecule has 6 nitrogen and oxygen atoms in total. The number of carbonyl (C=O) groups excluding carboxylic acids is 2. The number of rotatable bonds is 11. The molecule has 0 bridgehead atoms. The third-order valence-electron chi connectivity index (χ3n) is 3.85. The molecule has 1 unspecified atom stereocenters. The third-order valence-corrected chi connectivity index (χ3v) is 3.85. The molecule has 26 heavy (non-hydrogen) atoms. The Morgan fingerprint density at radius 2 is 2.04 bits per heavy atom. The molecule has 0 spiro atoms. The molecular formula is C18H24F2N2O4. The Bertz CT molecular complexity index is 603. The van der Waals surface area contributed by atoms with Crippen molar-refractivity contribution in [1.29, 1.82) is 0 Å². The average Bonchev–Trinajstić information content (AvgIpc) is 2.60. The lowest BCUT2D eigenvalue weighted by atomic mass is 10.0. The first-order valence-electron chi connectivity index (χ1n) is 8.22. The van der Waals surface area contributed by atoms with E-state index in [1.807, 2.05) is 6.07 Å². The van der Waals surface area contributed by atoms with Gasteiger partial charge in [0, 0.05) is 13.2 Å². The van der Waals surface area contributed by atoms with Crippen LogP contribution in [0.25, 0.3) is 0 Å². The number of hydrogen-bond acceptors (Lipinski definition) is 5. The second-order valence-electron chi connectivity index (χ2n) is 6.18. The summed E-state index contributed by atoms with van der Waals surface area (Å²) in [5.41, 5.74) is 4.31. The van der Waals surface area contributed by atoms with Crippen molar-refractivity contribution in [3.05, 3.63) is 29.8 Å². The van der Waals surface area contributed by atoms with E-state index in [4.69, 9.17) is 15.2 Å². The molecule has 0 saturated heterocycles. The van der Waals surface area contributed by atoms with E-state index in [2.05, 4.69) is 11.4 Å². The molecule has 1 aromatic carbocycles. The molecule has 0 fully saturated rings. The monoisotopic (exact) mass is 370 g/mol. The van der Waals surface area contributed by atoms with Crippen LogP contribution >= 0.6 is 0 Å². The number of amides is 1. The SMILES string of the molecule is COC(C)(C)C(=O)NC(CCCCN)C(=O)COc1c(F)c#ccc1F. The van der Waals surface area contributed by atoms with Gasteiger partial charge in [-0.05, 0) is 45.7 Å². The number of hydrogen-bond donors (Lipinski definition) is 2. The summed E-state index contributed by atoms with van der Waals surface area (Å²) in [6.45, 7) is 2.96. The van der Waals surface area contributed by atoms with Crippen LogP contribution in [0.1, 0.15) is 33.1 Å². The van der Waals surface area contributed by atoms with Crippen molar-refractivity contribution in [2.24, 2.45) is 5.73 Å². The molecule has 0 aromatic heterocycles. The molecular weight excluding hydrogens is 346 g/mol. The van der Waals surface area contributed by atoms with Gasteiger partial charge in [-0.15, -0.1) is 0 Å². The smallest absolute Gasteiger partial charge is 0.252 e. The van der Waals surface area contributed by atoms with Crippen LogP contribution in [0.2, 0.25) is 0 Å². The molecule has 0 aliphatic heterocycles. The molecule has 1 rings (SSSR count). The summed E-state index contributed by atoms with van der Waals surface area (Å²) in [4.78, 5) is 24.7. The minimum Gasteiger partial charge on any atom is -0.479 e. The second kappa shape index (κ2) is 10.0. The van der Waals surface area contributed by atoms with E-state index in [0.29, 0.717) is 25.8 Å². The first kappa shape index (κ1) is 21.8. The maximum atomic E-state index is 13.5. The zero-order chi connectivity index (χ0) is 19.7. The minimum atomic E-state index is -1.13. The predicted molar refractivity (Wildman–Crippen MR) is 90.5 cm³/mol. The summed E-state index contributed by atoms with van der Waals surface area (Å²) in [5.74, 6) is -3.78. The van der Waals surface area contributed by atoms with Gasteiger partial charge in [-0.3, -0.25) is 9.59 Å². The molecule has 0 saturated carbocycles. The van der Waals surface area contributed by atoms with Crippen LogP contribution in [0.5, 0.6) is 5.75 Å². The molecule has 0 aliphatic carbocycles. The Balaban J connectivity index is 2.78. The molecule has 1 amide bonds. The van der Waals surface area contributed by atoms with Crippen LogP contribution in [0.4, 0.5) is 8.78 Å². The molecule has 3 N–H and O–H groups in total. The van der Waals surface area contributed by atoms with E-state index >= 15 is 0 Å². The van der Waals surface area contributed by atoms with E-state index < -0.39 is 47.3 Å². The fourth-order valence-corrected chi connectivity index (χ4v) is 2.00. The number of ketones is 1. The second-order valence-corrected chi connectivity index (χ2v) is 6.18. The van der Waals surface area contributed by atoms with Gasteiger partial charge < -0.3 is 20.5 Å². The van der Waals surface area contributed by atoms with E-state index in [0.717, 1.165) is 6.07 Å². The molecule has 144 valence electrons. The number of nitrogens with two attached hydrogens (primary N) is 1. The lowest BCUT2D eigenvalue weighted by Crippen LogP contribution is -2.51. The Hall–Kier alpha value is -2.24. The highest BCUT2D eigenvalue weighted by Crippen LogP contribution is 2.19. The van der Waals surface area contributed by atoms with Gasteiger partial charge in [-0.1, -0.05) is 6.07 Å². The number of nitrogens with one attached hydrogen (secondary N) is 1. The molecule has 8 heteroatoms. The summed E-state index contributed by atoms with van der Waals surface area (Å²) < 4.78 is 37.1. The van der Waals surface area contributed by atoms with Gasteiger partial charge in [0.1, 0.15) is 12.2 Å². The van der Waals surface area contributed by atoms with Crippen LogP contribution in [0, 0.1) is 23.8 Å². The zero-order valence-electron chi connectivity index (χ0n) is 15.2. The molecule has 0 radical (unpaired) electrons. The van der Waals surface area contributed by atoms with Crippen LogP contribution < -0.4 is 15.8 Å². The van der Waals surface area contributed by atoms with Gasteiger partial charge in [0.2, 0.25) is 11.6 Å². The highest BCUT2D eigenvalue weighted by molar-refractivity contribution is 5.92. The fourth-order valence-electron chi connectivity index (χ4n) is 2.00. The third kappa shape index (κ3) is 6.24. The summed E-state index contributed by atoms with van der Waals surface area (Å²) in [7, 11) is 1.38. The van der Waals surface area contributed by atoms with E-state index in [9.17, 15) is 18.4 Å². The van der Waals surface area contributed by atoms with Gasteiger partial charge in [0.15, 0.2) is 11.6 Å². The van der Waals surface area contributed by atoms with Crippen molar-refractivity contribution in [2.45, 2.75) is 44.8 Å². The summed E-state index contributed by atoms with van der Waals surface area (Å²) in [6, 6.07) is 4.14. The van der Waals surface area contributed by atoms with Crippen molar-refractivity contribution in [3.63, 3.8) is 0 Å². The topological polar surface area (TPSA) is 90.6 Å². The quantitative estimate of drug-likeness (QED) is 0.577.